The minimum atomic E-state index is 0.0556. The molecule has 0 saturated heterocycles. The summed E-state index contributed by atoms with van der Waals surface area (Å²) in [5, 5.41) is 7.76. The second kappa shape index (κ2) is 6.63. The number of amides is 1. The van der Waals surface area contributed by atoms with Crippen molar-refractivity contribution in [2.45, 2.75) is 26.3 Å². The van der Waals surface area contributed by atoms with Crippen LogP contribution in [-0.4, -0.2) is 15.9 Å². The van der Waals surface area contributed by atoms with Crippen molar-refractivity contribution in [3.05, 3.63) is 58.9 Å². The Morgan fingerprint density at radius 2 is 2.00 bits per heavy atom. The fourth-order valence-corrected chi connectivity index (χ4v) is 3.02. The van der Waals surface area contributed by atoms with Crippen LogP contribution in [0.3, 0.4) is 0 Å². The standard InChI is InChI=1S/C20H18N4O2/c1-12-6-17(10-23-26)21-11-18(12)15-5-4-14-8-19(22-9-16(14)7-15)24-20(25)13-2-3-13/h4-9,11,13H,2-3,10H2,1H3,(H,22,24,25). The number of aromatic nitrogens is 2. The largest absolute Gasteiger partial charge is 0.310 e. The van der Waals surface area contributed by atoms with Crippen molar-refractivity contribution in [1.29, 1.82) is 0 Å². The van der Waals surface area contributed by atoms with E-state index in [0.29, 0.717) is 11.5 Å². The molecule has 2 heterocycles. The van der Waals surface area contributed by atoms with Gasteiger partial charge in [0.15, 0.2) is 0 Å². The molecule has 3 aromatic rings. The summed E-state index contributed by atoms with van der Waals surface area (Å²) in [5.74, 6) is 0.800. The number of hydrogen-bond acceptors (Lipinski definition) is 5. The maximum atomic E-state index is 11.9. The lowest BCUT2D eigenvalue weighted by Gasteiger charge is -2.09. The van der Waals surface area contributed by atoms with Gasteiger partial charge >= 0.3 is 0 Å². The Kier molecular flexibility index (Phi) is 4.16. The predicted molar refractivity (Wildman–Crippen MR) is 101 cm³/mol. The molecule has 6 heteroatoms. The lowest BCUT2D eigenvalue weighted by atomic mass is 9.99. The number of fused-ring (bicyclic) bond motifs is 1. The number of carbonyl (C=O) groups excluding carboxylic acids is 1. The molecule has 1 aromatic carbocycles. The maximum absolute atomic E-state index is 11.9. The van der Waals surface area contributed by atoms with Crippen LogP contribution in [0.2, 0.25) is 0 Å². The van der Waals surface area contributed by atoms with Gasteiger partial charge in [-0.2, -0.15) is 4.91 Å². The van der Waals surface area contributed by atoms with Crippen molar-refractivity contribution in [2.75, 3.05) is 5.32 Å². The van der Waals surface area contributed by atoms with E-state index in [1.54, 1.807) is 12.4 Å². The summed E-state index contributed by atoms with van der Waals surface area (Å²) in [5.41, 5.74) is 3.75. The number of carbonyl (C=O) groups is 1. The molecule has 130 valence electrons. The van der Waals surface area contributed by atoms with Crippen molar-refractivity contribution in [2.24, 2.45) is 11.1 Å². The zero-order valence-electron chi connectivity index (χ0n) is 14.4. The molecule has 1 saturated carbocycles. The highest BCUT2D eigenvalue weighted by molar-refractivity contribution is 5.96. The third kappa shape index (κ3) is 3.31. The quantitative estimate of drug-likeness (QED) is 0.701. The fraction of sp³-hybridized carbons (Fsp3) is 0.250. The highest BCUT2D eigenvalue weighted by atomic mass is 16.3. The van der Waals surface area contributed by atoms with Crippen molar-refractivity contribution < 1.29 is 4.79 Å². The van der Waals surface area contributed by atoms with Crippen LogP contribution in [0.4, 0.5) is 5.82 Å². The molecule has 0 atom stereocenters. The summed E-state index contributed by atoms with van der Waals surface area (Å²) in [6.45, 7) is 2.07. The Labute approximate surface area is 150 Å². The Morgan fingerprint density at radius 1 is 1.15 bits per heavy atom. The van der Waals surface area contributed by atoms with Gasteiger partial charge in [0.1, 0.15) is 12.4 Å². The molecule has 2 aromatic heterocycles. The molecule has 1 N–H and O–H groups in total. The number of aryl methyl sites for hydroxylation is 1. The van der Waals surface area contributed by atoms with Gasteiger partial charge in [0.2, 0.25) is 5.91 Å². The van der Waals surface area contributed by atoms with Crippen LogP contribution in [0, 0.1) is 17.7 Å². The molecule has 0 spiro atoms. The van der Waals surface area contributed by atoms with E-state index in [9.17, 15) is 9.70 Å². The van der Waals surface area contributed by atoms with Gasteiger partial charge in [-0.3, -0.25) is 9.78 Å². The first-order valence-electron chi connectivity index (χ1n) is 8.60. The maximum Gasteiger partial charge on any atom is 0.228 e. The molecule has 26 heavy (non-hydrogen) atoms. The second-order valence-electron chi connectivity index (χ2n) is 6.67. The lowest BCUT2D eigenvalue weighted by molar-refractivity contribution is -0.117. The van der Waals surface area contributed by atoms with Gasteiger partial charge in [-0.25, -0.2) is 4.98 Å². The zero-order chi connectivity index (χ0) is 18.1. The van der Waals surface area contributed by atoms with Crippen molar-refractivity contribution in [1.82, 2.24) is 9.97 Å². The van der Waals surface area contributed by atoms with Gasteiger partial charge in [0.05, 0.1) is 5.69 Å². The van der Waals surface area contributed by atoms with E-state index < -0.39 is 0 Å². The number of benzene rings is 1. The van der Waals surface area contributed by atoms with Gasteiger partial charge in [0.25, 0.3) is 0 Å². The Morgan fingerprint density at radius 3 is 2.73 bits per heavy atom. The third-order valence-electron chi connectivity index (χ3n) is 4.63. The monoisotopic (exact) mass is 346 g/mol. The van der Waals surface area contributed by atoms with E-state index in [2.05, 4.69) is 26.5 Å². The van der Waals surface area contributed by atoms with Crippen molar-refractivity contribution >= 4 is 22.5 Å². The fourth-order valence-electron chi connectivity index (χ4n) is 3.02. The SMILES string of the molecule is Cc1cc(CN=O)ncc1-c1ccc2cc(NC(=O)C3CC3)ncc2c1. The average Bonchev–Trinajstić information content (AvgIpc) is 3.47. The molecule has 1 aliphatic rings. The third-order valence-corrected chi connectivity index (χ3v) is 4.63. The van der Waals surface area contributed by atoms with E-state index in [-0.39, 0.29) is 18.4 Å². The number of hydrogen-bond donors (Lipinski definition) is 1. The molecule has 0 bridgehead atoms. The smallest absolute Gasteiger partial charge is 0.228 e. The predicted octanol–water partition coefficient (Wildman–Crippen LogP) is 4.22. The minimum Gasteiger partial charge on any atom is -0.310 e. The van der Waals surface area contributed by atoms with Crippen LogP contribution in [0.1, 0.15) is 24.1 Å². The Hall–Kier alpha value is -3.15. The zero-order valence-corrected chi connectivity index (χ0v) is 14.4. The number of rotatable bonds is 5. The van der Waals surface area contributed by atoms with Gasteiger partial charge < -0.3 is 5.32 Å². The Balaban J connectivity index is 1.63. The molecular weight excluding hydrogens is 328 g/mol. The van der Waals surface area contributed by atoms with E-state index in [4.69, 9.17) is 0 Å². The number of nitrogens with one attached hydrogen (secondary N) is 1. The van der Waals surface area contributed by atoms with Gasteiger partial charge in [-0.1, -0.05) is 17.3 Å². The van der Waals surface area contributed by atoms with Crippen LogP contribution in [0.15, 0.2) is 47.9 Å². The highest BCUT2D eigenvalue weighted by Gasteiger charge is 2.29. The van der Waals surface area contributed by atoms with E-state index in [0.717, 1.165) is 40.3 Å². The number of nitroso groups, excluding NO2 is 1. The topological polar surface area (TPSA) is 84.3 Å². The van der Waals surface area contributed by atoms with Crippen LogP contribution < -0.4 is 5.32 Å². The number of pyridine rings is 2. The number of anilines is 1. The molecular formula is C20H18N4O2. The van der Waals surface area contributed by atoms with Gasteiger partial charge in [-0.05, 0) is 54.5 Å². The van der Waals surface area contributed by atoms with Crippen molar-refractivity contribution in [3.8, 4) is 11.1 Å². The summed E-state index contributed by atoms with van der Waals surface area (Å²) in [4.78, 5) is 30.9. The average molecular weight is 346 g/mol. The summed E-state index contributed by atoms with van der Waals surface area (Å²) in [7, 11) is 0. The first-order valence-corrected chi connectivity index (χ1v) is 8.60. The summed E-state index contributed by atoms with van der Waals surface area (Å²) in [6.07, 6.45) is 5.49. The lowest BCUT2D eigenvalue weighted by Crippen LogP contribution is -2.14. The summed E-state index contributed by atoms with van der Waals surface area (Å²) >= 11 is 0. The first-order chi connectivity index (χ1) is 12.6. The van der Waals surface area contributed by atoms with Crippen LogP contribution in [-0.2, 0) is 11.3 Å². The van der Waals surface area contributed by atoms with E-state index in [1.165, 1.54) is 0 Å². The molecule has 0 radical (unpaired) electrons. The normalized spacial score (nSPS) is 13.6. The molecule has 1 aliphatic carbocycles. The van der Waals surface area contributed by atoms with Crippen LogP contribution in [0.5, 0.6) is 0 Å². The van der Waals surface area contributed by atoms with Crippen molar-refractivity contribution in [3.63, 3.8) is 0 Å². The van der Waals surface area contributed by atoms with E-state index in [1.807, 2.05) is 31.2 Å². The molecule has 0 aliphatic heterocycles. The van der Waals surface area contributed by atoms with Gasteiger partial charge in [0, 0.05) is 29.3 Å². The Bertz CT molecular complexity index is 1010. The summed E-state index contributed by atoms with van der Waals surface area (Å²) < 4.78 is 0. The highest BCUT2D eigenvalue weighted by Crippen LogP contribution is 2.31. The molecule has 4 rings (SSSR count). The van der Waals surface area contributed by atoms with Crippen LogP contribution >= 0.6 is 0 Å². The minimum absolute atomic E-state index is 0.0556. The molecule has 0 unspecified atom stereocenters. The summed E-state index contributed by atoms with van der Waals surface area (Å²) in [6, 6.07) is 9.87. The van der Waals surface area contributed by atoms with Crippen LogP contribution in [0.25, 0.3) is 21.9 Å². The van der Waals surface area contributed by atoms with Gasteiger partial charge in [-0.15, -0.1) is 0 Å². The number of nitrogens with zero attached hydrogens (tertiary/aromatic N) is 3. The molecule has 6 nitrogen and oxygen atoms in total. The first kappa shape index (κ1) is 16.3. The second-order valence-corrected chi connectivity index (χ2v) is 6.67. The molecule has 1 fully saturated rings. The molecule has 1 amide bonds. The van der Waals surface area contributed by atoms with E-state index >= 15 is 0 Å².